The molecule has 4 aromatic carbocycles. The molecule has 11 rings (SSSR count). The van der Waals surface area contributed by atoms with Crippen LogP contribution in [-0.2, 0) is 64.3 Å². The van der Waals surface area contributed by atoms with Crippen LogP contribution >= 0.6 is 69.6 Å². The van der Waals surface area contributed by atoms with Gasteiger partial charge >= 0.3 is 60.1 Å². The molecule has 7 aliphatic rings. The summed E-state index contributed by atoms with van der Waals surface area (Å²) in [5.74, 6) is -5.37. The fraction of sp³-hybridized carbons (Fsp3) is 0.404. The molecular formula is C57H62Cl6N12O17. The summed E-state index contributed by atoms with van der Waals surface area (Å²) in [7, 11) is 3.64. The monoisotopic (exact) mass is 1400 g/mol. The number of fused-ring (bicyclic) bond motifs is 2. The van der Waals surface area contributed by atoms with Gasteiger partial charge < -0.3 is 54.8 Å². The van der Waals surface area contributed by atoms with E-state index in [-0.39, 0.29) is 55.8 Å². The fourth-order valence-corrected chi connectivity index (χ4v) is 13.0. The molecule has 35 heteroatoms. The zero-order valence-electron chi connectivity index (χ0n) is 50.2. The van der Waals surface area contributed by atoms with Gasteiger partial charge in [-0.2, -0.15) is 0 Å². The quantitative estimate of drug-likeness (QED) is 0.0449. The molecule has 0 radical (unpaired) electrons. The molecule has 0 aliphatic carbocycles. The number of rotatable bonds is 14. The van der Waals surface area contributed by atoms with E-state index < -0.39 is 149 Å². The average Bonchev–Trinajstić information content (AvgIpc) is 1.46. The van der Waals surface area contributed by atoms with E-state index in [9.17, 15) is 9.59 Å². The van der Waals surface area contributed by atoms with Gasteiger partial charge in [0.2, 0.25) is 0 Å². The summed E-state index contributed by atoms with van der Waals surface area (Å²) in [4.78, 5) is 162. The smallest absolute Gasteiger partial charge is 0.359 e. The first-order valence-electron chi connectivity index (χ1n) is 27.9. The number of nitrogens with one attached hydrogen (secondary N) is 4. The molecule has 0 saturated carbocycles. The maximum Gasteiger partial charge on any atom is 0.359 e. The maximum absolute atomic E-state index is 16.3. The molecule has 7 heterocycles. The Bertz CT molecular complexity index is 3360. The van der Waals surface area contributed by atoms with Gasteiger partial charge in [0.15, 0.2) is 0 Å². The van der Waals surface area contributed by atoms with Crippen LogP contribution in [-0.4, -0.2) is 199 Å². The zero-order chi connectivity index (χ0) is 67.4. The van der Waals surface area contributed by atoms with Crippen molar-refractivity contribution in [2.75, 3.05) is 93.0 Å². The van der Waals surface area contributed by atoms with Crippen molar-refractivity contribution >= 4 is 152 Å². The second-order valence-corrected chi connectivity index (χ2v) is 22.4. The third-order valence-electron chi connectivity index (χ3n) is 15.9. The number of ether oxygens (including phenoxy) is 6. The summed E-state index contributed by atoms with van der Waals surface area (Å²) in [6.45, 7) is -1.30. The number of hydrogen-bond acceptors (Lipinski definition) is 17. The van der Waals surface area contributed by atoms with Crippen LogP contribution in [0.15, 0.2) is 72.8 Å². The highest BCUT2D eigenvalue weighted by Crippen LogP contribution is 2.62. The molecule has 7 aliphatic heterocycles. The van der Waals surface area contributed by atoms with Crippen molar-refractivity contribution < 1.29 is 81.5 Å². The second-order valence-electron chi connectivity index (χ2n) is 20.0. The van der Waals surface area contributed by atoms with Gasteiger partial charge in [-0.1, -0.05) is 23.2 Å². The van der Waals surface area contributed by atoms with E-state index in [4.69, 9.17) is 103 Å². The number of hydrogen-bond donors (Lipinski definition) is 5. The van der Waals surface area contributed by atoms with E-state index >= 15 is 38.4 Å². The topological polar surface area (TPSA) is 320 Å². The minimum Gasteiger partial charge on any atom is -0.496 e. The highest BCUT2D eigenvalue weighted by atomic mass is 35.5. The minimum atomic E-state index is -3.10. The van der Waals surface area contributed by atoms with Gasteiger partial charge in [0.25, 0.3) is 22.7 Å². The van der Waals surface area contributed by atoms with E-state index in [1.807, 2.05) is 0 Å². The van der Waals surface area contributed by atoms with Crippen LogP contribution in [0.4, 0.5) is 51.5 Å². The molecule has 12 amide bonds. The third-order valence-corrected chi connectivity index (χ3v) is 16.4. The van der Waals surface area contributed by atoms with Crippen molar-refractivity contribution in [1.82, 2.24) is 39.2 Å². The van der Waals surface area contributed by atoms with Crippen molar-refractivity contribution in [3.05, 3.63) is 105 Å². The molecule has 0 spiro atoms. The van der Waals surface area contributed by atoms with Crippen molar-refractivity contribution in [3.8, 4) is 11.5 Å². The number of nitrogens with zero attached hydrogens (tertiary/aromatic N) is 8. The second kappa shape index (κ2) is 28.3. The number of halogens is 6. The molecule has 4 aromatic rings. The lowest BCUT2D eigenvalue weighted by Gasteiger charge is -2.51. The number of methoxy groups -OCH3 is 2. The lowest BCUT2D eigenvalue weighted by Crippen LogP contribution is -2.81. The van der Waals surface area contributed by atoms with Crippen molar-refractivity contribution in [1.29, 1.82) is 0 Å². The zero-order valence-corrected chi connectivity index (χ0v) is 54.8. The molecule has 0 bridgehead atoms. The van der Waals surface area contributed by atoms with Gasteiger partial charge in [-0.25, -0.2) is 47.9 Å². The van der Waals surface area contributed by atoms with Crippen LogP contribution in [0.25, 0.3) is 0 Å². The Balaban J connectivity index is 0.00000130. The lowest BCUT2D eigenvalue weighted by atomic mass is 9.88. The average molecular weight is 1400 g/mol. The molecule has 494 valence electrons. The fourth-order valence-electron chi connectivity index (χ4n) is 12.8. The summed E-state index contributed by atoms with van der Waals surface area (Å²) in [6.07, 6.45) is 0. The predicted octanol–water partition coefficient (Wildman–Crippen LogP) is 8.39. The molecule has 0 aromatic heterocycles. The predicted molar refractivity (Wildman–Crippen MR) is 334 cm³/mol. The third kappa shape index (κ3) is 10.6. The van der Waals surface area contributed by atoms with Crippen LogP contribution in [0.3, 0.4) is 0 Å². The maximum atomic E-state index is 16.3. The number of anilines is 4. The Hall–Kier alpha value is -8.32. The van der Waals surface area contributed by atoms with E-state index in [1.54, 1.807) is 48.5 Å². The summed E-state index contributed by atoms with van der Waals surface area (Å²) >= 11 is 31.2. The number of esters is 4. The highest BCUT2D eigenvalue weighted by molar-refractivity contribution is 6.41. The molecule has 5 saturated heterocycles. The number of aliphatic hydroxyl groups is 1. The Morgan fingerprint density at radius 2 is 0.663 bits per heavy atom. The largest absolute Gasteiger partial charge is 0.496 e. The van der Waals surface area contributed by atoms with Crippen molar-refractivity contribution in [2.45, 2.75) is 76.5 Å². The van der Waals surface area contributed by atoms with E-state index in [0.717, 1.165) is 26.7 Å². The van der Waals surface area contributed by atoms with Crippen LogP contribution in [0, 0.1) is 0 Å². The summed E-state index contributed by atoms with van der Waals surface area (Å²) in [5.41, 5.74) is -10.9. The van der Waals surface area contributed by atoms with Gasteiger partial charge in [-0.05, 0) is 100 Å². The van der Waals surface area contributed by atoms with Crippen LogP contribution in [0.5, 0.6) is 11.5 Å². The lowest BCUT2D eigenvalue weighted by molar-refractivity contribution is -0.209. The van der Waals surface area contributed by atoms with Crippen LogP contribution in [0.1, 0.15) is 49.9 Å². The molecule has 92 heavy (non-hydrogen) atoms. The number of amides is 12. The van der Waals surface area contributed by atoms with E-state index in [1.165, 1.54) is 66.2 Å². The normalized spacial score (nSPS) is 21.5. The number of carbonyl (C=O) groups excluding carboxylic acids is 10. The van der Waals surface area contributed by atoms with Gasteiger partial charge in [0.1, 0.15) is 24.8 Å². The number of alkyl halides is 4. The highest BCUT2D eigenvalue weighted by Gasteiger charge is 2.93. The number of urea groups is 6. The van der Waals surface area contributed by atoms with Gasteiger partial charge in [0.05, 0.1) is 77.5 Å². The summed E-state index contributed by atoms with van der Waals surface area (Å²) in [5, 5.41) is 19.2. The summed E-state index contributed by atoms with van der Waals surface area (Å²) < 4.78 is 35.0. The Labute approximate surface area is 556 Å². The van der Waals surface area contributed by atoms with E-state index in [0.29, 0.717) is 41.0 Å². The van der Waals surface area contributed by atoms with Crippen molar-refractivity contribution in [2.24, 2.45) is 0 Å². The molecular weight excluding hydrogens is 1340 g/mol. The Morgan fingerprint density at radius 1 is 0.413 bits per heavy atom. The van der Waals surface area contributed by atoms with Gasteiger partial charge in [0, 0.05) is 62.2 Å². The first kappa shape index (κ1) is 69.6. The molecule has 4 atom stereocenters. The van der Waals surface area contributed by atoms with Crippen LogP contribution < -0.4 is 30.7 Å². The molecule has 5 N–H and O–H groups in total. The molecule has 5 fully saturated rings. The first-order chi connectivity index (χ1) is 44.1. The first-order valence-corrected chi connectivity index (χ1v) is 30.8. The number of benzene rings is 4. The number of aliphatic hydroxyl groups excluding tert-OH is 1. The Kier molecular flexibility index (Phi) is 21.4. The number of carbonyl (C=O) groups is 10. The minimum absolute atomic E-state index is 0.0435. The van der Waals surface area contributed by atoms with Crippen molar-refractivity contribution in [3.63, 3.8) is 0 Å². The molecule has 0 unspecified atom stereocenters. The SMILES string of the molecule is CCOC(=O)[C@]12N3CN4C(=O)N5Cc6c(OC)ccc(NC(=O)Nc7ccc(Cl)cc7)c6CN6C(=O)N(CN1C(=O)N1Cc7c(OC)ccc(NC(=O)Nc8ccc(Cl)cc8)c7CN(C3=O)[C@]12C(=O)OCC)[C@]4(C(=O)OCC)[C@]65C(=O)OCC.CO.ClCCl.ClCCl. The molecule has 29 nitrogen and oxygen atoms in total. The standard InChI is InChI=1S/C54H54Cl2N12O16.2CH2Cl2.CH4O/c1-7-81-41(69)51-53(43(71)83-9-3)65-27-68-50(78)64-26-36-34(38(20-22-40(36)80-6)60-46(74)58-32-17-13-30(56)14-18-32)24-62-48(76)66(54(68,44(72)84-10-4)52(62,64)42(70)82-8-2)28-67(53)49(77)63(51)25-35-33(23-61(51)47(65)75)37(19-21-39(35)79-5)59-45(73)57-31-15-11-29(55)12-16-31;2*2-1-3;1-2/h11-22H,7-10,23-28H2,1-6H3,(H2,57,59,73)(H2,58,60,74);2*1H2;2H,1H3/t51-,52-,53+,54+;;;/m1.../s1. The van der Waals surface area contributed by atoms with E-state index in [2.05, 4.69) is 21.3 Å². The Morgan fingerprint density at radius 3 is 0.913 bits per heavy atom. The van der Waals surface area contributed by atoms with Crippen LogP contribution in [0.2, 0.25) is 10.0 Å². The van der Waals surface area contributed by atoms with Gasteiger partial charge in [-0.3, -0.25) is 39.2 Å². The van der Waals surface area contributed by atoms with Gasteiger partial charge in [-0.15, -0.1) is 46.4 Å². The summed E-state index contributed by atoms with van der Waals surface area (Å²) in [6, 6.07) is 11.7.